The van der Waals surface area contributed by atoms with E-state index in [1.165, 1.54) is 6.07 Å². The van der Waals surface area contributed by atoms with Crippen LogP contribution in [0.25, 0.3) is 10.8 Å². The minimum absolute atomic E-state index is 0.0895. The molecule has 0 fully saturated rings. The first-order valence-corrected chi connectivity index (χ1v) is 7.02. The van der Waals surface area contributed by atoms with Crippen LogP contribution in [0.2, 0.25) is 5.02 Å². The molecule has 0 spiro atoms. The molecule has 3 aromatic rings. The molecule has 4 nitrogen and oxygen atoms in total. The number of aromatic hydroxyl groups is 1. The number of nitrogens with zero attached hydrogens (tertiary/aromatic N) is 1. The van der Waals surface area contributed by atoms with Crippen molar-refractivity contribution in [1.82, 2.24) is 4.57 Å². The molecule has 5 heteroatoms. The summed E-state index contributed by atoms with van der Waals surface area (Å²) < 4.78 is 1.66. The lowest BCUT2D eigenvalue weighted by Crippen LogP contribution is -2.10. The highest BCUT2D eigenvalue weighted by Crippen LogP contribution is 2.26. The lowest BCUT2D eigenvalue weighted by Gasteiger charge is -2.09. The van der Waals surface area contributed by atoms with E-state index in [0.29, 0.717) is 28.0 Å². The summed E-state index contributed by atoms with van der Waals surface area (Å²) in [5.74, 6) is -0.505. The van der Waals surface area contributed by atoms with Gasteiger partial charge in [-0.1, -0.05) is 35.9 Å². The van der Waals surface area contributed by atoms with Crippen LogP contribution in [0.5, 0.6) is 5.75 Å². The molecule has 0 saturated heterocycles. The first-order valence-electron chi connectivity index (χ1n) is 6.65. The standard InChI is InChI=1S/C17H12ClNO3/c18-13-5-6-15(21)12(7-13)9-19-8-11-3-1-2-4-14(11)17(19)16(22)10-20/h1-8,10,21H,9H2. The van der Waals surface area contributed by atoms with Crippen LogP contribution in [0.15, 0.2) is 48.7 Å². The van der Waals surface area contributed by atoms with Crippen molar-refractivity contribution in [2.24, 2.45) is 0 Å². The van der Waals surface area contributed by atoms with Crippen LogP contribution in [-0.4, -0.2) is 21.7 Å². The number of phenols is 1. The van der Waals surface area contributed by atoms with Gasteiger partial charge in [0.05, 0.1) is 6.54 Å². The number of carbonyl (C=O) groups excluding carboxylic acids is 2. The number of rotatable bonds is 4. The van der Waals surface area contributed by atoms with Crippen molar-refractivity contribution in [3.63, 3.8) is 0 Å². The molecule has 3 rings (SSSR count). The molecule has 0 bridgehead atoms. The predicted molar refractivity (Wildman–Crippen MR) is 84.6 cm³/mol. The van der Waals surface area contributed by atoms with Crippen molar-refractivity contribution in [3.05, 3.63) is 64.9 Å². The maximum atomic E-state index is 12.0. The molecular weight excluding hydrogens is 302 g/mol. The topological polar surface area (TPSA) is 59.3 Å². The lowest BCUT2D eigenvalue weighted by molar-refractivity contribution is -0.104. The number of hydrogen-bond donors (Lipinski definition) is 1. The van der Waals surface area contributed by atoms with E-state index >= 15 is 0 Å². The van der Waals surface area contributed by atoms with Gasteiger partial charge >= 0.3 is 0 Å². The van der Waals surface area contributed by atoms with Crippen molar-refractivity contribution in [2.75, 3.05) is 0 Å². The Hall–Kier alpha value is -2.59. The van der Waals surface area contributed by atoms with Gasteiger partial charge in [0.1, 0.15) is 11.4 Å². The smallest absolute Gasteiger partial charge is 0.242 e. The van der Waals surface area contributed by atoms with E-state index in [0.717, 1.165) is 5.39 Å². The molecular formula is C17H12ClNO3. The number of fused-ring (bicyclic) bond motifs is 1. The van der Waals surface area contributed by atoms with Crippen LogP contribution in [-0.2, 0) is 11.3 Å². The van der Waals surface area contributed by atoms with Crippen LogP contribution < -0.4 is 0 Å². The fourth-order valence-corrected chi connectivity index (χ4v) is 2.73. The summed E-state index contributed by atoms with van der Waals surface area (Å²) in [6.45, 7) is 0.246. The van der Waals surface area contributed by atoms with Crippen molar-refractivity contribution in [3.8, 4) is 5.75 Å². The molecule has 0 amide bonds. The quantitative estimate of drug-likeness (QED) is 0.456. The van der Waals surface area contributed by atoms with E-state index in [-0.39, 0.29) is 12.3 Å². The zero-order valence-electron chi connectivity index (χ0n) is 11.5. The normalized spacial score (nSPS) is 10.8. The van der Waals surface area contributed by atoms with Gasteiger partial charge in [-0.25, -0.2) is 0 Å². The zero-order valence-corrected chi connectivity index (χ0v) is 12.2. The number of halogens is 1. The van der Waals surface area contributed by atoms with Crippen LogP contribution in [0, 0.1) is 0 Å². The zero-order chi connectivity index (χ0) is 15.7. The Balaban J connectivity index is 2.16. The molecule has 22 heavy (non-hydrogen) atoms. The number of benzene rings is 2. The third-order valence-corrected chi connectivity index (χ3v) is 3.76. The average Bonchev–Trinajstić information content (AvgIpc) is 2.88. The molecule has 1 N–H and O–H groups in total. The molecule has 0 unspecified atom stereocenters. The molecule has 0 aliphatic rings. The van der Waals surface area contributed by atoms with Gasteiger partial charge in [0, 0.05) is 27.6 Å². The van der Waals surface area contributed by atoms with Gasteiger partial charge in [0.2, 0.25) is 5.78 Å². The summed E-state index contributed by atoms with van der Waals surface area (Å²) in [5, 5.41) is 12.0. The van der Waals surface area contributed by atoms with Gasteiger partial charge in [-0.15, -0.1) is 0 Å². The molecule has 0 atom stereocenters. The highest BCUT2D eigenvalue weighted by atomic mass is 35.5. The van der Waals surface area contributed by atoms with Crippen LogP contribution in [0.3, 0.4) is 0 Å². The average molecular weight is 314 g/mol. The van der Waals surface area contributed by atoms with E-state index < -0.39 is 5.78 Å². The van der Waals surface area contributed by atoms with Gasteiger partial charge in [-0.2, -0.15) is 0 Å². The summed E-state index contributed by atoms with van der Waals surface area (Å²) >= 11 is 5.95. The van der Waals surface area contributed by atoms with Gasteiger partial charge < -0.3 is 9.67 Å². The second kappa shape index (κ2) is 5.66. The van der Waals surface area contributed by atoms with Crippen molar-refractivity contribution in [1.29, 1.82) is 0 Å². The summed E-state index contributed by atoms with van der Waals surface area (Å²) in [7, 11) is 0. The van der Waals surface area contributed by atoms with Gasteiger partial charge in [-0.3, -0.25) is 9.59 Å². The van der Waals surface area contributed by atoms with Crippen LogP contribution in [0.1, 0.15) is 16.1 Å². The summed E-state index contributed by atoms with van der Waals surface area (Å²) in [4.78, 5) is 22.9. The number of ketones is 1. The number of aldehydes is 1. The highest BCUT2D eigenvalue weighted by molar-refractivity contribution is 6.35. The molecule has 0 aliphatic heterocycles. The Morgan fingerprint density at radius 1 is 1.23 bits per heavy atom. The Morgan fingerprint density at radius 2 is 2.00 bits per heavy atom. The van der Waals surface area contributed by atoms with Crippen LogP contribution >= 0.6 is 11.6 Å². The van der Waals surface area contributed by atoms with Gasteiger partial charge in [0.25, 0.3) is 0 Å². The number of hydrogen-bond acceptors (Lipinski definition) is 3. The second-order valence-corrected chi connectivity index (χ2v) is 5.38. The second-order valence-electron chi connectivity index (χ2n) is 4.95. The Bertz CT molecular complexity index is 883. The minimum atomic E-state index is -0.595. The Morgan fingerprint density at radius 3 is 2.77 bits per heavy atom. The lowest BCUT2D eigenvalue weighted by atomic mass is 10.1. The fraction of sp³-hybridized carbons (Fsp3) is 0.0588. The molecule has 1 aromatic heterocycles. The number of Topliss-reactive ketones (excluding diaryl/α,β-unsaturated/α-hetero) is 1. The Labute approximate surface area is 131 Å². The van der Waals surface area contributed by atoms with Crippen molar-refractivity contribution < 1.29 is 14.7 Å². The molecule has 2 aromatic carbocycles. The maximum Gasteiger partial charge on any atom is 0.242 e. The van der Waals surface area contributed by atoms with Gasteiger partial charge in [-0.05, 0) is 18.2 Å². The molecule has 0 saturated carbocycles. The first kappa shape index (κ1) is 14.4. The monoisotopic (exact) mass is 313 g/mol. The maximum absolute atomic E-state index is 12.0. The molecule has 110 valence electrons. The first-order chi connectivity index (χ1) is 10.6. The number of phenolic OH excluding ortho intramolecular Hbond substituents is 1. The molecule has 0 radical (unpaired) electrons. The van der Waals surface area contributed by atoms with Crippen LogP contribution in [0.4, 0.5) is 0 Å². The van der Waals surface area contributed by atoms with E-state index in [2.05, 4.69) is 0 Å². The summed E-state index contributed by atoms with van der Waals surface area (Å²) in [6, 6.07) is 12.1. The predicted octanol–water partition coefficient (Wildman–Crippen LogP) is 3.43. The van der Waals surface area contributed by atoms with E-state index in [1.54, 1.807) is 29.0 Å². The highest BCUT2D eigenvalue weighted by Gasteiger charge is 2.17. The largest absolute Gasteiger partial charge is 0.508 e. The Kier molecular flexibility index (Phi) is 3.69. The third kappa shape index (κ3) is 2.49. The fourth-order valence-electron chi connectivity index (χ4n) is 2.53. The number of aromatic nitrogens is 1. The SMILES string of the molecule is O=CC(=O)c1c2ccccc2cn1Cc1cc(Cl)ccc1O. The minimum Gasteiger partial charge on any atom is -0.508 e. The third-order valence-electron chi connectivity index (χ3n) is 3.52. The summed E-state index contributed by atoms with van der Waals surface area (Å²) in [5.41, 5.74) is 0.887. The van der Waals surface area contributed by atoms with E-state index in [9.17, 15) is 14.7 Å². The van der Waals surface area contributed by atoms with E-state index in [4.69, 9.17) is 11.6 Å². The number of carbonyl (C=O) groups is 2. The summed E-state index contributed by atoms with van der Waals surface area (Å²) in [6.07, 6.45) is 2.09. The van der Waals surface area contributed by atoms with E-state index in [1.807, 2.05) is 18.2 Å². The molecule has 1 heterocycles. The van der Waals surface area contributed by atoms with Gasteiger partial charge in [0.15, 0.2) is 6.29 Å². The van der Waals surface area contributed by atoms with Crippen molar-refractivity contribution in [2.45, 2.75) is 6.54 Å². The van der Waals surface area contributed by atoms with Crippen molar-refractivity contribution >= 4 is 34.4 Å². The molecule has 0 aliphatic carbocycles.